The molecule has 242 valence electrons. The Morgan fingerprint density at radius 2 is 0.976 bits per heavy atom. The molecule has 0 aromatic rings. The van der Waals surface area contributed by atoms with Crippen LogP contribution in [0, 0.1) is 0 Å². The van der Waals surface area contributed by atoms with Crippen LogP contribution < -0.4 is 0 Å². The molecule has 0 aliphatic rings. The maximum absolute atomic E-state index is 13.7. The minimum Gasteiger partial charge on any atom is -0.324 e. The second kappa shape index (κ2) is 24.8. The molecule has 1 atom stereocenters. The summed E-state index contributed by atoms with van der Waals surface area (Å²) in [6.45, 7) is 5.24. The van der Waals surface area contributed by atoms with Gasteiger partial charge in [-0.05, 0) is 42.5 Å². The number of nitrogens with zero attached hydrogens (tertiary/aromatic N) is 2. The lowest BCUT2D eigenvalue weighted by Crippen LogP contribution is -2.59. The van der Waals surface area contributed by atoms with E-state index < -0.39 is 16.0 Å². The SMILES string of the molecule is CCCCCCCCCCCCN(C(=O)C[N+](C)(C)C)[C@](CCCCCCCCCCCC)(CCC(=O)Cl)C(=O)Cl. The van der Waals surface area contributed by atoms with Crippen LogP contribution in [0.4, 0.5) is 0 Å². The second-order valence-electron chi connectivity index (χ2n) is 13.3. The predicted molar refractivity (Wildman–Crippen MR) is 177 cm³/mol. The van der Waals surface area contributed by atoms with E-state index in [-0.39, 0.29) is 25.3 Å². The van der Waals surface area contributed by atoms with Crippen molar-refractivity contribution in [3.05, 3.63) is 0 Å². The zero-order chi connectivity index (χ0) is 31.0. The summed E-state index contributed by atoms with van der Waals surface area (Å²) < 4.78 is 0.465. The van der Waals surface area contributed by atoms with Gasteiger partial charge in [0.25, 0.3) is 5.91 Å². The summed E-state index contributed by atoms with van der Waals surface area (Å²) >= 11 is 12.1. The van der Waals surface area contributed by atoms with Gasteiger partial charge in [0.1, 0.15) is 5.54 Å². The molecule has 0 unspecified atom stereocenters. The number of hydrogen-bond acceptors (Lipinski definition) is 3. The Labute approximate surface area is 264 Å². The standard InChI is InChI=1S/C34H65Cl2N2O3/c1-6-8-10-12-14-16-18-20-22-24-27-34(33(36)41,28-26-31(35)39)37(32(40)30-38(3,4)5)29-25-23-21-19-17-15-13-11-9-7-2/h6-30H2,1-5H3/q+1/t34-/m1/s1. The Bertz CT molecular complexity index is 696. The second-order valence-corrected chi connectivity index (χ2v) is 14.0. The molecule has 0 aromatic carbocycles. The number of quaternary nitrogens is 1. The Hall–Kier alpha value is -0.650. The number of rotatable bonds is 29. The molecule has 41 heavy (non-hydrogen) atoms. The van der Waals surface area contributed by atoms with Crippen LogP contribution in [0.25, 0.3) is 0 Å². The topological polar surface area (TPSA) is 54.5 Å². The molecule has 0 aliphatic carbocycles. The maximum atomic E-state index is 13.7. The average Bonchev–Trinajstić information content (AvgIpc) is 2.89. The van der Waals surface area contributed by atoms with Crippen LogP contribution in [-0.2, 0) is 14.4 Å². The van der Waals surface area contributed by atoms with Gasteiger partial charge in [0.05, 0.1) is 21.1 Å². The molecule has 0 N–H and O–H groups in total. The smallest absolute Gasteiger partial charge is 0.278 e. The molecule has 0 radical (unpaired) electrons. The Kier molecular flexibility index (Phi) is 24.4. The van der Waals surface area contributed by atoms with Crippen molar-refractivity contribution in [3.63, 3.8) is 0 Å². The number of halogens is 2. The minimum atomic E-state index is -1.18. The van der Waals surface area contributed by atoms with Gasteiger partial charge >= 0.3 is 0 Å². The highest BCUT2D eigenvalue weighted by Crippen LogP contribution is 2.33. The fourth-order valence-corrected chi connectivity index (χ4v) is 6.12. The molecule has 5 nitrogen and oxygen atoms in total. The number of likely N-dealkylation sites (N-methyl/N-ethyl adjacent to an activating group) is 1. The molecule has 0 aliphatic heterocycles. The highest BCUT2D eigenvalue weighted by molar-refractivity contribution is 6.66. The third-order valence-corrected chi connectivity index (χ3v) is 8.75. The van der Waals surface area contributed by atoms with Crippen molar-refractivity contribution >= 4 is 39.6 Å². The highest BCUT2D eigenvalue weighted by atomic mass is 35.5. The first-order valence-electron chi connectivity index (χ1n) is 17.0. The number of carbonyl (C=O) groups is 3. The molecule has 1 amide bonds. The molecule has 0 fully saturated rings. The lowest BCUT2D eigenvalue weighted by Gasteiger charge is -2.42. The van der Waals surface area contributed by atoms with Crippen LogP contribution in [0.3, 0.4) is 0 Å². The van der Waals surface area contributed by atoms with Crippen LogP contribution in [0.15, 0.2) is 0 Å². The zero-order valence-corrected chi connectivity index (χ0v) is 29.1. The molecule has 0 spiro atoms. The van der Waals surface area contributed by atoms with E-state index >= 15 is 0 Å². The predicted octanol–water partition coefficient (Wildman–Crippen LogP) is 9.80. The Balaban J connectivity index is 5.27. The van der Waals surface area contributed by atoms with E-state index in [4.69, 9.17) is 23.2 Å². The van der Waals surface area contributed by atoms with Gasteiger partial charge in [-0.3, -0.25) is 14.4 Å². The first-order valence-corrected chi connectivity index (χ1v) is 17.7. The van der Waals surface area contributed by atoms with Crippen molar-refractivity contribution in [3.8, 4) is 0 Å². The van der Waals surface area contributed by atoms with E-state index in [0.29, 0.717) is 17.4 Å². The molecule has 0 bridgehead atoms. The summed E-state index contributed by atoms with van der Waals surface area (Å²) in [5.74, 6) is -0.0727. The first kappa shape index (κ1) is 40.4. The Morgan fingerprint density at radius 1 is 0.585 bits per heavy atom. The number of carbonyl (C=O) groups excluding carboxylic acids is 3. The summed E-state index contributed by atoms with van der Waals surface area (Å²) in [6, 6.07) is 0. The lowest BCUT2D eigenvalue weighted by atomic mass is 9.85. The summed E-state index contributed by atoms with van der Waals surface area (Å²) in [5, 5.41) is -1.03. The van der Waals surface area contributed by atoms with E-state index in [1.54, 1.807) is 4.90 Å². The van der Waals surface area contributed by atoms with Gasteiger partial charge in [-0.25, -0.2) is 0 Å². The Morgan fingerprint density at radius 3 is 1.34 bits per heavy atom. The van der Waals surface area contributed by atoms with Crippen LogP contribution in [-0.4, -0.2) is 65.5 Å². The molecular formula is C34H65Cl2N2O3+. The fraction of sp³-hybridized carbons (Fsp3) is 0.912. The van der Waals surface area contributed by atoms with Gasteiger partial charge in [-0.1, -0.05) is 136 Å². The number of unbranched alkanes of at least 4 members (excludes halogenated alkanes) is 18. The minimum absolute atomic E-state index is 0.0317. The van der Waals surface area contributed by atoms with Crippen molar-refractivity contribution < 1.29 is 18.9 Å². The van der Waals surface area contributed by atoms with Gasteiger partial charge in [0.2, 0.25) is 10.5 Å². The van der Waals surface area contributed by atoms with Gasteiger partial charge in [0.15, 0.2) is 6.54 Å². The molecule has 0 aromatic heterocycles. The summed E-state index contributed by atoms with van der Waals surface area (Å²) in [5.41, 5.74) is -1.18. The number of amides is 1. The fourth-order valence-electron chi connectivity index (χ4n) is 5.73. The van der Waals surface area contributed by atoms with Gasteiger partial charge in [0, 0.05) is 13.0 Å². The van der Waals surface area contributed by atoms with Crippen molar-refractivity contribution in [1.82, 2.24) is 4.90 Å². The molecule has 0 saturated heterocycles. The average molecular weight is 621 g/mol. The van der Waals surface area contributed by atoms with Gasteiger partial charge in [-0.2, -0.15) is 0 Å². The van der Waals surface area contributed by atoms with Crippen molar-refractivity contribution in [2.45, 2.75) is 167 Å². The van der Waals surface area contributed by atoms with Crippen molar-refractivity contribution in [2.75, 3.05) is 34.2 Å². The van der Waals surface area contributed by atoms with Crippen LogP contribution >= 0.6 is 23.2 Å². The third-order valence-electron chi connectivity index (χ3n) is 8.21. The summed E-state index contributed by atoms with van der Waals surface area (Å²) in [6.07, 6.45) is 24.5. The monoisotopic (exact) mass is 619 g/mol. The van der Waals surface area contributed by atoms with E-state index in [1.165, 1.54) is 89.9 Å². The van der Waals surface area contributed by atoms with E-state index in [1.807, 2.05) is 21.1 Å². The van der Waals surface area contributed by atoms with Crippen LogP contribution in [0.5, 0.6) is 0 Å². The van der Waals surface area contributed by atoms with Crippen LogP contribution in [0.1, 0.15) is 162 Å². The normalized spacial score (nSPS) is 13.2. The van der Waals surface area contributed by atoms with Crippen molar-refractivity contribution in [2.24, 2.45) is 0 Å². The number of hydrogen-bond donors (Lipinski definition) is 0. The quantitative estimate of drug-likeness (QED) is 0.0475. The van der Waals surface area contributed by atoms with Crippen molar-refractivity contribution in [1.29, 1.82) is 0 Å². The van der Waals surface area contributed by atoms with Gasteiger partial charge in [-0.15, -0.1) is 0 Å². The third kappa shape index (κ3) is 20.8. The molecule has 0 rings (SSSR count). The largest absolute Gasteiger partial charge is 0.324 e. The van der Waals surface area contributed by atoms with Crippen LogP contribution in [0.2, 0.25) is 0 Å². The first-order chi connectivity index (χ1) is 19.5. The zero-order valence-electron chi connectivity index (χ0n) is 27.6. The van der Waals surface area contributed by atoms with Gasteiger partial charge < -0.3 is 9.38 Å². The summed E-state index contributed by atoms with van der Waals surface area (Å²) in [4.78, 5) is 40.5. The maximum Gasteiger partial charge on any atom is 0.278 e. The van der Waals surface area contributed by atoms with E-state index in [0.717, 1.165) is 38.5 Å². The molecule has 0 heterocycles. The summed E-state index contributed by atoms with van der Waals surface area (Å²) in [7, 11) is 5.93. The highest BCUT2D eigenvalue weighted by Gasteiger charge is 2.45. The molecule has 0 saturated carbocycles. The molecule has 7 heteroatoms. The van der Waals surface area contributed by atoms with E-state index in [9.17, 15) is 14.4 Å². The van der Waals surface area contributed by atoms with E-state index in [2.05, 4.69) is 13.8 Å². The lowest BCUT2D eigenvalue weighted by molar-refractivity contribution is -0.862. The molecular weight excluding hydrogens is 555 g/mol.